The van der Waals surface area contributed by atoms with Crippen LogP contribution < -0.4 is 5.32 Å². The lowest BCUT2D eigenvalue weighted by Gasteiger charge is -2.42. The number of carbonyl (C=O) groups is 3. The number of aliphatic carboxylic acids is 1. The molecule has 4 aliphatic rings. The summed E-state index contributed by atoms with van der Waals surface area (Å²) in [5, 5.41) is 16.2. The van der Waals surface area contributed by atoms with Crippen molar-refractivity contribution in [3.63, 3.8) is 0 Å². The van der Waals surface area contributed by atoms with Gasteiger partial charge in [-0.05, 0) is 32.4 Å². The number of hydrogen-bond donors (Lipinski definition) is 2. The zero-order valence-electron chi connectivity index (χ0n) is 23.9. The molecule has 228 valence electrons. The van der Waals surface area contributed by atoms with Crippen LogP contribution in [0, 0.1) is 5.82 Å². The van der Waals surface area contributed by atoms with Crippen LogP contribution in [0.5, 0.6) is 0 Å². The molecule has 6 rings (SSSR count). The molecule has 1 aromatic heterocycles. The molecule has 2 amide bonds. The van der Waals surface area contributed by atoms with Gasteiger partial charge in [-0.15, -0.1) is 11.3 Å². The Bertz CT molecular complexity index is 1520. The number of nitrogens with zero attached hydrogens (tertiary/aromatic N) is 5. The molecule has 3 fully saturated rings. The van der Waals surface area contributed by atoms with Gasteiger partial charge in [-0.1, -0.05) is 23.7 Å². The number of nitrogens with one attached hydrogen (secondary N) is 1. The number of piperazine rings is 1. The first kappa shape index (κ1) is 29.7. The van der Waals surface area contributed by atoms with E-state index in [2.05, 4.69) is 10.3 Å². The number of hydrogen-bond acceptors (Lipinski definition) is 9. The molecule has 5 heterocycles. The molecule has 2 N–H and O–H groups in total. The molecule has 0 radical (unpaired) electrons. The van der Waals surface area contributed by atoms with E-state index in [4.69, 9.17) is 21.3 Å². The number of carboxylic acids is 1. The molecular formula is C29H32ClFN6O5S. The van der Waals surface area contributed by atoms with E-state index in [1.54, 1.807) is 29.0 Å². The molecule has 0 bridgehead atoms. The minimum atomic E-state index is -1.05. The van der Waals surface area contributed by atoms with Gasteiger partial charge in [0.25, 0.3) is 0 Å². The molecule has 0 spiro atoms. The number of urea groups is 1. The summed E-state index contributed by atoms with van der Waals surface area (Å²) in [5.74, 6) is -2.33. The summed E-state index contributed by atoms with van der Waals surface area (Å²) in [6.07, 6.45) is 1.66. The van der Waals surface area contributed by atoms with Gasteiger partial charge in [-0.2, -0.15) is 0 Å². The van der Waals surface area contributed by atoms with E-state index in [9.17, 15) is 23.9 Å². The normalized spacial score (nSPS) is 27.2. The fourth-order valence-corrected chi connectivity index (χ4v) is 7.32. The lowest BCUT2D eigenvalue weighted by molar-refractivity contribution is -0.147. The number of esters is 1. The van der Waals surface area contributed by atoms with Crippen molar-refractivity contribution in [2.75, 3.05) is 32.8 Å². The van der Waals surface area contributed by atoms with Gasteiger partial charge in [0.2, 0.25) is 0 Å². The van der Waals surface area contributed by atoms with Crippen molar-refractivity contribution in [3.05, 3.63) is 62.3 Å². The molecule has 2 unspecified atom stereocenters. The Balaban J connectivity index is 1.46. The van der Waals surface area contributed by atoms with E-state index in [0.29, 0.717) is 28.4 Å². The maximum absolute atomic E-state index is 14.8. The Kier molecular flexibility index (Phi) is 8.01. The monoisotopic (exact) mass is 630 g/mol. The number of benzene rings is 1. The lowest BCUT2D eigenvalue weighted by atomic mass is 9.91. The Labute approximate surface area is 257 Å². The summed E-state index contributed by atoms with van der Waals surface area (Å²) in [6.45, 7) is 6.62. The van der Waals surface area contributed by atoms with Gasteiger partial charge in [0, 0.05) is 49.4 Å². The summed E-state index contributed by atoms with van der Waals surface area (Å²) >= 11 is 7.88. The third-order valence-corrected chi connectivity index (χ3v) is 9.67. The first-order chi connectivity index (χ1) is 20.6. The second kappa shape index (κ2) is 11.6. The maximum atomic E-state index is 14.8. The fraction of sp³-hybridized carbons (Fsp3) is 0.483. The number of fused-ring (bicyclic) bond motifs is 2. The molecule has 5 atom stereocenters. The highest BCUT2D eigenvalue weighted by atomic mass is 35.5. The molecular weight excluding hydrogens is 599 g/mol. The van der Waals surface area contributed by atoms with Crippen LogP contribution in [0.3, 0.4) is 0 Å². The topological polar surface area (TPSA) is 138 Å². The lowest BCUT2D eigenvalue weighted by Crippen LogP contribution is -2.62. The number of thiazole rings is 1. The predicted molar refractivity (Wildman–Crippen MR) is 158 cm³/mol. The van der Waals surface area contributed by atoms with Crippen molar-refractivity contribution in [3.8, 4) is 0 Å². The smallest absolute Gasteiger partial charge is 0.336 e. The largest absolute Gasteiger partial charge is 0.480 e. The number of aliphatic imine (C=N–C) groups is 1. The quantitative estimate of drug-likeness (QED) is 0.336. The van der Waals surface area contributed by atoms with Crippen LogP contribution in [0.1, 0.15) is 37.4 Å². The molecule has 2 aromatic rings. The number of aromatic nitrogens is 1. The molecule has 14 heteroatoms. The van der Waals surface area contributed by atoms with Crippen LogP contribution in [-0.4, -0.2) is 111 Å². The number of amides is 2. The van der Waals surface area contributed by atoms with Crippen molar-refractivity contribution >= 4 is 46.6 Å². The minimum absolute atomic E-state index is 0.0735. The first-order valence-electron chi connectivity index (χ1n) is 14.2. The van der Waals surface area contributed by atoms with Crippen LogP contribution in [0.25, 0.3) is 0 Å². The van der Waals surface area contributed by atoms with E-state index in [-0.39, 0.29) is 61.0 Å². The second-order valence-corrected chi connectivity index (χ2v) is 12.5. The maximum Gasteiger partial charge on any atom is 0.336 e. The summed E-state index contributed by atoms with van der Waals surface area (Å²) in [4.78, 5) is 54.2. The Morgan fingerprint density at radius 1 is 1.28 bits per heavy atom. The molecule has 3 saturated heterocycles. The number of carboxylic acid groups (broad SMARTS) is 1. The highest BCUT2D eigenvalue weighted by Gasteiger charge is 2.53. The van der Waals surface area contributed by atoms with Crippen molar-refractivity contribution in [2.45, 2.75) is 57.0 Å². The van der Waals surface area contributed by atoms with E-state index in [1.165, 1.54) is 23.5 Å². The average Bonchev–Trinajstić information content (AvgIpc) is 3.44. The molecule has 0 saturated carbocycles. The zero-order valence-corrected chi connectivity index (χ0v) is 25.4. The molecule has 43 heavy (non-hydrogen) atoms. The summed E-state index contributed by atoms with van der Waals surface area (Å²) in [5.41, 5.74) is 1.70. The van der Waals surface area contributed by atoms with Gasteiger partial charge in [0.1, 0.15) is 22.9 Å². The second-order valence-electron chi connectivity index (χ2n) is 11.2. The Morgan fingerprint density at radius 2 is 2.07 bits per heavy atom. The van der Waals surface area contributed by atoms with Crippen LogP contribution in [0.4, 0.5) is 9.18 Å². The van der Waals surface area contributed by atoms with Crippen LogP contribution in [-0.2, 0) is 14.3 Å². The third-order valence-electron chi connectivity index (χ3n) is 8.48. The van der Waals surface area contributed by atoms with Crippen molar-refractivity contribution in [2.24, 2.45) is 4.99 Å². The van der Waals surface area contributed by atoms with Gasteiger partial charge >= 0.3 is 18.0 Å². The summed E-state index contributed by atoms with van der Waals surface area (Å²) < 4.78 is 20.3. The predicted octanol–water partition coefficient (Wildman–Crippen LogP) is 2.96. The Hall–Kier alpha value is -3.39. The summed E-state index contributed by atoms with van der Waals surface area (Å²) in [7, 11) is 0. The standard InChI is InChI=1S/C29H32ClFN6O5S/c1-4-42-28(40)19-16(12-35-9-10-36-18(25(35)27(38)39)13-37(14(2)3)29(36)41)22-23(34-22)24(26-32-8-11-43-26)33-21(19)15-6-5-7-17(31)20(15)30/h5-8,11,14,18,21-23,25,34H,4,9-10,12-13H2,1-3H3,(H,38,39)/t18-,21-,22?,23?,25+/m0/s1. The third kappa shape index (κ3) is 5.22. The zero-order chi connectivity index (χ0) is 30.6. The molecule has 0 aliphatic carbocycles. The fourth-order valence-electron chi connectivity index (χ4n) is 6.42. The van der Waals surface area contributed by atoms with Gasteiger partial charge in [-0.25, -0.2) is 19.0 Å². The molecule has 4 aliphatic heterocycles. The van der Waals surface area contributed by atoms with Gasteiger partial charge in [-0.3, -0.25) is 20.0 Å². The number of carbonyl (C=O) groups excluding carboxylic acids is 2. The van der Waals surface area contributed by atoms with Gasteiger partial charge in [0.05, 0.1) is 41.0 Å². The van der Waals surface area contributed by atoms with E-state index < -0.39 is 35.9 Å². The van der Waals surface area contributed by atoms with Crippen molar-refractivity contribution < 1.29 is 28.6 Å². The van der Waals surface area contributed by atoms with Gasteiger partial charge < -0.3 is 19.6 Å². The molecule has 1 aromatic carbocycles. The van der Waals surface area contributed by atoms with Crippen LogP contribution >= 0.6 is 22.9 Å². The number of rotatable bonds is 8. The highest BCUT2D eigenvalue weighted by Crippen LogP contribution is 2.43. The summed E-state index contributed by atoms with van der Waals surface area (Å²) in [6, 6.07) is 0.907. The number of ether oxygens (including phenoxy) is 1. The number of halogens is 2. The first-order valence-corrected chi connectivity index (χ1v) is 15.5. The van der Waals surface area contributed by atoms with E-state index >= 15 is 0 Å². The van der Waals surface area contributed by atoms with Crippen molar-refractivity contribution in [1.29, 1.82) is 0 Å². The van der Waals surface area contributed by atoms with Crippen LogP contribution in [0.2, 0.25) is 5.02 Å². The van der Waals surface area contributed by atoms with Crippen LogP contribution in [0.15, 0.2) is 45.9 Å². The average molecular weight is 631 g/mol. The Morgan fingerprint density at radius 3 is 2.74 bits per heavy atom. The van der Waals surface area contributed by atoms with E-state index in [1.807, 2.05) is 24.1 Å². The van der Waals surface area contributed by atoms with Gasteiger partial charge in [0.15, 0.2) is 0 Å². The highest BCUT2D eigenvalue weighted by molar-refractivity contribution is 7.11. The van der Waals surface area contributed by atoms with E-state index in [0.717, 1.165) is 0 Å². The van der Waals surface area contributed by atoms with Crippen molar-refractivity contribution in [1.82, 2.24) is 25.0 Å². The minimum Gasteiger partial charge on any atom is -0.480 e. The SMILES string of the molecule is CCOC(=O)C1=C(CN2CCN3C(=O)N(C(C)C)C[C@H]3[C@@H]2C(=O)O)C2NC2C(c2nccs2)=N[C@H]1c1cccc(F)c1Cl. The molecule has 11 nitrogen and oxygen atoms in total.